The van der Waals surface area contributed by atoms with E-state index in [2.05, 4.69) is 31.7 Å². The Labute approximate surface area is 322 Å². The number of aromatic nitrogens is 1. The van der Waals surface area contributed by atoms with Gasteiger partial charge in [-0.3, -0.25) is 19.8 Å². The van der Waals surface area contributed by atoms with Crippen molar-refractivity contribution in [3.05, 3.63) is 107 Å². The minimum Gasteiger partial charge on any atom is -0.375 e. The van der Waals surface area contributed by atoms with Gasteiger partial charge in [-0.15, -0.1) is 0 Å². The molecule has 7 amide bonds. The summed E-state index contributed by atoms with van der Waals surface area (Å²) in [5, 5.41) is 11.8. The number of ether oxygens (including phenoxy) is 1. The molecule has 0 aliphatic carbocycles. The van der Waals surface area contributed by atoms with Crippen molar-refractivity contribution in [2.24, 2.45) is 5.73 Å². The van der Waals surface area contributed by atoms with Crippen LogP contribution in [0.3, 0.4) is 0 Å². The van der Waals surface area contributed by atoms with Crippen LogP contribution in [0.15, 0.2) is 85.1 Å². The number of nitrogens with zero attached hydrogens (tertiary/aromatic N) is 1. The molecule has 1 aromatic heterocycles. The number of carbonyl (C=O) groups excluding carboxylic acids is 5. The number of hydrazine groups is 1. The summed E-state index contributed by atoms with van der Waals surface area (Å²) < 4.78 is 47.7. The Hall–Kier alpha value is -6.10. The Morgan fingerprint density at radius 1 is 0.839 bits per heavy atom. The number of nitrogens with two attached hydrogens (primary N) is 1. The van der Waals surface area contributed by atoms with Crippen LogP contribution in [-0.2, 0) is 44.9 Å². The predicted octanol–water partition coefficient (Wildman–Crippen LogP) is 4.41. The van der Waals surface area contributed by atoms with Crippen LogP contribution < -0.4 is 32.4 Å². The number of para-hydroxylation sites is 1. The van der Waals surface area contributed by atoms with Crippen molar-refractivity contribution < 1.29 is 41.9 Å². The smallest absolute Gasteiger partial charge is 0.375 e. The van der Waals surface area contributed by atoms with E-state index in [4.69, 9.17) is 10.5 Å². The molecule has 14 nitrogen and oxygen atoms in total. The van der Waals surface area contributed by atoms with Gasteiger partial charge in [0.2, 0.25) is 11.8 Å². The monoisotopic (exact) mass is 780 g/mol. The first-order valence-electron chi connectivity index (χ1n) is 17.8. The number of halogens is 3. The van der Waals surface area contributed by atoms with E-state index in [-0.39, 0.29) is 44.6 Å². The van der Waals surface area contributed by atoms with Gasteiger partial charge in [-0.2, -0.15) is 13.2 Å². The molecule has 4 rings (SSSR count). The quantitative estimate of drug-likeness (QED) is 0.0649. The van der Waals surface area contributed by atoms with Gasteiger partial charge < -0.3 is 36.7 Å². The Morgan fingerprint density at radius 3 is 2.21 bits per heavy atom. The second-order valence-corrected chi connectivity index (χ2v) is 14.0. The summed E-state index contributed by atoms with van der Waals surface area (Å²) in [5.74, 6) is -2.55. The first kappa shape index (κ1) is 42.6. The van der Waals surface area contributed by atoms with E-state index in [0.29, 0.717) is 10.6 Å². The van der Waals surface area contributed by atoms with Crippen molar-refractivity contribution in [2.45, 2.75) is 77.0 Å². The van der Waals surface area contributed by atoms with Crippen molar-refractivity contribution >= 4 is 40.7 Å². The summed E-state index contributed by atoms with van der Waals surface area (Å²) in [7, 11) is 0. The first-order valence-corrected chi connectivity index (χ1v) is 17.8. The SMILES string of the molecule is CC(C)(C)NC(=O)NC(CCC(N)=O)C(=O)NC(Cc1c[nH]c2ccccc12)C(=O)NN(Cc1ccccc1C(F)(F)F)C(=O)NCCOCc1ccccc1. The number of carbonyl (C=O) groups is 5. The number of alkyl halides is 3. The molecule has 0 fully saturated rings. The molecular weight excluding hydrogens is 733 g/mol. The molecule has 1 heterocycles. The van der Waals surface area contributed by atoms with E-state index < -0.39 is 65.7 Å². The lowest BCUT2D eigenvalue weighted by Crippen LogP contribution is -2.60. The number of rotatable bonds is 16. The van der Waals surface area contributed by atoms with Crippen LogP contribution in [0.1, 0.15) is 55.9 Å². The molecule has 17 heteroatoms. The maximum atomic E-state index is 14.2. The van der Waals surface area contributed by atoms with E-state index >= 15 is 0 Å². The molecule has 0 saturated heterocycles. The van der Waals surface area contributed by atoms with Crippen LogP contribution in [0.5, 0.6) is 0 Å². The van der Waals surface area contributed by atoms with E-state index in [1.54, 1.807) is 51.2 Å². The van der Waals surface area contributed by atoms with Crippen molar-refractivity contribution in [1.29, 1.82) is 0 Å². The van der Waals surface area contributed by atoms with Crippen LogP contribution in [0.2, 0.25) is 0 Å². The third-order valence-corrected chi connectivity index (χ3v) is 8.30. The molecule has 0 saturated carbocycles. The van der Waals surface area contributed by atoms with E-state index in [1.165, 1.54) is 18.2 Å². The zero-order chi connectivity index (χ0) is 40.9. The average Bonchev–Trinajstić information content (AvgIpc) is 3.54. The first-order chi connectivity index (χ1) is 26.5. The summed E-state index contributed by atoms with van der Waals surface area (Å²) in [6, 6.07) is 16.6. The number of benzene rings is 3. The highest BCUT2D eigenvalue weighted by atomic mass is 19.4. The lowest BCUT2D eigenvalue weighted by molar-refractivity contribution is -0.138. The highest BCUT2D eigenvalue weighted by molar-refractivity contribution is 5.94. The number of hydrogen-bond donors (Lipinski definition) is 7. The fourth-order valence-corrected chi connectivity index (χ4v) is 5.66. The van der Waals surface area contributed by atoms with Gasteiger partial charge in [0.05, 0.1) is 25.3 Å². The molecule has 3 aromatic carbocycles. The fourth-order valence-electron chi connectivity index (χ4n) is 5.66. The second-order valence-electron chi connectivity index (χ2n) is 14.0. The predicted molar refractivity (Wildman–Crippen MR) is 202 cm³/mol. The Morgan fingerprint density at radius 2 is 1.52 bits per heavy atom. The fraction of sp³-hybridized carbons (Fsp3) is 0.359. The zero-order valence-corrected chi connectivity index (χ0v) is 31.3. The number of nitrogens with one attached hydrogen (secondary N) is 6. The lowest BCUT2D eigenvalue weighted by Gasteiger charge is -2.29. The van der Waals surface area contributed by atoms with E-state index in [1.807, 2.05) is 30.3 Å². The molecule has 0 aliphatic rings. The maximum absolute atomic E-state index is 14.2. The van der Waals surface area contributed by atoms with Gasteiger partial charge in [0.25, 0.3) is 5.91 Å². The van der Waals surface area contributed by atoms with Gasteiger partial charge in [-0.1, -0.05) is 66.7 Å². The van der Waals surface area contributed by atoms with Crippen LogP contribution in [-0.4, -0.2) is 70.6 Å². The molecule has 0 bridgehead atoms. The number of aromatic amines is 1. The lowest BCUT2D eigenvalue weighted by atomic mass is 10.0. The van der Waals surface area contributed by atoms with Crippen molar-refractivity contribution in [1.82, 2.24) is 36.7 Å². The molecular formula is C39H47F3N8O6. The Balaban J connectivity index is 1.61. The summed E-state index contributed by atoms with van der Waals surface area (Å²) in [5.41, 5.74) is 7.95. The summed E-state index contributed by atoms with van der Waals surface area (Å²) >= 11 is 0. The van der Waals surface area contributed by atoms with Gasteiger partial charge in [-0.05, 0) is 56.0 Å². The van der Waals surface area contributed by atoms with Crippen LogP contribution in [0, 0.1) is 0 Å². The highest BCUT2D eigenvalue weighted by Gasteiger charge is 2.35. The summed E-state index contributed by atoms with van der Waals surface area (Å²) in [6.45, 7) is 4.69. The summed E-state index contributed by atoms with van der Waals surface area (Å²) in [4.78, 5) is 69.1. The topological polar surface area (TPSA) is 200 Å². The number of primary amides is 1. The maximum Gasteiger partial charge on any atom is 0.416 e. The largest absolute Gasteiger partial charge is 0.416 e. The van der Waals surface area contributed by atoms with Gasteiger partial charge in [0, 0.05) is 42.0 Å². The number of hydrogen-bond acceptors (Lipinski definition) is 6. The number of amides is 7. The minimum atomic E-state index is -4.77. The average molecular weight is 781 g/mol. The normalized spacial score (nSPS) is 12.6. The van der Waals surface area contributed by atoms with Crippen LogP contribution >= 0.6 is 0 Å². The second kappa shape index (κ2) is 19.5. The molecule has 0 spiro atoms. The number of urea groups is 2. The summed E-state index contributed by atoms with van der Waals surface area (Å²) in [6.07, 6.45) is -3.79. The third-order valence-electron chi connectivity index (χ3n) is 8.30. The van der Waals surface area contributed by atoms with Gasteiger partial charge in [-0.25, -0.2) is 14.6 Å². The molecule has 2 atom stereocenters. The number of fused-ring (bicyclic) bond motifs is 1. The van der Waals surface area contributed by atoms with Gasteiger partial charge >= 0.3 is 18.2 Å². The Kier molecular flexibility index (Phi) is 14.8. The molecule has 56 heavy (non-hydrogen) atoms. The Bertz CT molecular complexity index is 1970. The molecule has 8 N–H and O–H groups in total. The highest BCUT2D eigenvalue weighted by Crippen LogP contribution is 2.32. The van der Waals surface area contributed by atoms with Crippen molar-refractivity contribution in [3.8, 4) is 0 Å². The van der Waals surface area contributed by atoms with Gasteiger partial charge in [0.1, 0.15) is 12.1 Å². The van der Waals surface area contributed by atoms with Gasteiger partial charge in [0.15, 0.2) is 0 Å². The molecule has 2 unspecified atom stereocenters. The minimum absolute atomic E-state index is 0.0449. The van der Waals surface area contributed by atoms with E-state index in [0.717, 1.165) is 22.5 Å². The van der Waals surface area contributed by atoms with Crippen molar-refractivity contribution in [2.75, 3.05) is 13.2 Å². The van der Waals surface area contributed by atoms with Crippen LogP contribution in [0.4, 0.5) is 22.8 Å². The third kappa shape index (κ3) is 13.3. The molecule has 4 aromatic rings. The number of H-pyrrole nitrogens is 1. The van der Waals surface area contributed by atoms with Crippen LogP contribution in [0.25, 0.3) is 10.9 Å². The molecule has 300 valence electrons. The molecule has 0 radical (unpaired) electrons. The zero-order valence-electron chi connectivity index (χ0n) is 31.3. The van der Waals surface area contributed by atoms with E-state index in [9.17, 15) is 37.1 Å². The standard InChI is InChI=1S/C39H47F3N8O6/c1-38(2,3)48-36(54)47-31(17-18-33(43)51)34(52)46-32(21-27-22-45-30-16-10-8-14-28(27)30)35(53)49-50(23-26-13-7-9-15-29(26)39(40,41)42)37(55)44-19-20-56-24-25-11-5-4-6-12-25/h4-16,22,31-32,45H,17-21,23-24H2,1-3H3,(H2,43,51)(H,44,55)(H,46,52)(H,49,53)(H2,47,48,54). The molecule has 0 aliphatic heterocycles. The van der Waals surface area contributed by atoms with Crippen molar-refractivity contribution in [3.63, 3.8) is 0 Å².